The van der Waals surface area contributed by atoms with Crippen LogP contribution in [0.2, 0.25) is 5.15 Å². The van der Waals surface area contributed by atoms with E-state index in [2.05, 4.69) is 9.84 Å². The van der Waals surface area contributed by atoms with Crippen molar-refractivity contribution in [3.8, 4) is 0 Å². The molecule has 1 aromatic heterocycles. The van der Waals surface area contributed by atoms with Crippen molar-refractivity contribution in [1.29, 1.82) is 0 Å². The summed E-state index contributed by atoms with van der Waals surface area (Å²) in [5.74, 6) is -0.219. The van der Waals surface area contributed by atoms with Gasteiger partial charge in [0.2, 0.25) is 5.15 Å². The van der Waals surface area contributed by atoms with E-state index in [1.807, 2.05) is 0 Å². The highest BCUT2D eigenvalue weighted by Crippen LogP contribution is 2.32. The number of hydrogen-bond acceptors (Lipinski definition) is 5. The van der Waals surface area contributed by atoms with Crippen molar-refractivity contribution in [2.24, 2.45) is 0 Å². The molecule has 0 amide bonds. The first-order valence-electron chi connectivity index (χ1n) is 4.41. The van der Waals surface area contributed by atoms with Gasteiger partial charge in [-0.2, -0.15) is 5.10 Å². The van der Waals surface area contributed by atoms with Crippen LogP contribution in [-0.2, 0) is 4.74 Å². The van der Waals surface area contributed by atoms with Gasteiger partial charge in [0.1, 0.15) is 5.69 Å². The minimum Gasteiger partial charge on any atom is -0.451 e. The second kappa shape index (κ2) is 4.48. The maximum Gasteiger partial charge on any atom is 0.436 e. The van der Waals surface area contributed by atoms with E-state index in [0.717, 1.165) is 7.11 Å². The van der Waals surface area contributed by atoms with Crippen molar-refractivity contribution in [1.82, 2.24) is 9.78 Å². The third kappa shape index (κ3) is 1.99. The first-order chi connectivity index (χ1) is 7.40. The van der Waals surface area contributed by atoms with Gasteiger partial charge in [0.15, 0.2) is 0 Å². The summed E-state index contributed by atoms with van der Waals surface area (Å²) in [6.45, 7) is 3.43. The lowest BCUT2D eigenvalue weighted by atomic mass is 10.1. The van der Waals surface area contributed by atoms with Crippen LogP contribution in [0.1, 0.15) is 25.5 Å². The fourth-order valence-corrected chi connectivity index (χ4v) is 1.44. The van der Waals surface area contributed by atoms with Crippen LogP contribution in [-0.4, -0.2) is 27.9 Å². The molecule has 0 saturated heterocycles. The Balaban J connectivity index is 3.41. The van der Waals surface area contributed by atoms with E-state index in [0.29, 0.717) is 4.68 Å². The summed E-state index contributed by atoms with van der Waals surface area (Å²) in [4.78, 5) is 21.3. The Morgan fingerprint density at radius 3 is 2.50 bits per heavy atom. The summed E-state index contributed by atoms with van der Waals surface area (Å²) < 4.78 is 5.08. The molecule has 0 saturated carbocycles. The van der Waals surface area contributed by atoms with Gasteiger partial charge in [-0.1, -0.05) is 25.4 Å². The highest BCUT2D eigenvalue weighted by molar-refractivity contribution is 6.32. The number of hydrogen-bond donors (Lipinski definition) is 0. The predicted octanol–water partition coefficient (Wildman–Crippen LogP) is 2.18. The second-order valence-corrected chi connectivity index (χ2v) is 3.68. The molecule has 88 valence electrons. The number of halogens is 1. The summed E-state index contributed by atoms with van der Waals surface area (Å²) in [7, 11) is 1.14. The lowest BCUT2D eigenvalue weighted by molar-refractivity contribution is -0.385. The van der Waals surface area contributed by atoms with E-state index in [9.17, 15) is 14.9 Å². The summed E-state index contributed by atoms with van der Waals surface area (Å²) in [6, 6.07) is 0. The molecule has 0 unspecified atom stereocenters. The smallest absolute Gasteiger partial charge is 0.436 e. The Morgan fingerprint density at radius 1 is 1.62 bits per heavy atom. The molecule has 16 heavy (non-hydrogen) atoms. The van der Waals surface area contributed by atoms with Crippen molar-refractivity contribution in [2.45, 2.75) is 19.8 Å². The summed E-state index contributed by atoms with van der Waals surface area (Å²) in [5.41, 5.74) is -0.206. The average Bonchev–Trinajstić information content (AvgIpc) is 2.55. The van der Waals surface area contributed by atoms with E-state index < -0.39 is 11.0 Å². The van der Waals surface area contributed by atoms with Gasteiger partial charge in [-0.15, -0.1) is 4.68 Å². The van der Waals surface area contributed by atoms with Crippen LogP contribution in [0.5, 0.6) is 0 Å². The first-order valence-corrected chi connectivity index (χ1v) is 4.79. The molecule has 7 nitrogen and oxygen atoms in total. The fourth-order valence-electron chi connectivity index (χ4n) is 1.17. The first kappa shape index (κ1) is 12.4. The number of aromatic nitrogens is 2. The van der Waals surface area contributed by atoms with Gasteiger partial charge in [-0.05, 0) is 0 Å². The lowest BCUT2D eigenvalue weighted by Gasteiger charge is -1.98. The standard InChI is InChI=1S/C8H10ClN3O4/c1-4(2)5-6(12(14)15)7(9)11(10-5)8(13)16-3/h4H,1-3H3. The van der Waals surface area contributed by atoms with Crippen molar-refractivity contribution in [3.63, 3.8) is 0 Å². The zero-order valence-electron chi connectivity index (χ0n) is 8.93. The number of nitrogens with zero attached hydrogens (tertiary/aromatic N) is 3. The van der Waals surface area contributed by atoms with Crippen molar-refractivity contribution in [2.75, 3.05) is 7.11 Å². The Morgan fingerprint density at radius 2 is 2.19 bits per heavy atom. The molecule has 0 N–H and O–H groups in total. The summed E-state index contributed by atoms with van der Waals surface area (Å²) in [5, 5.41) is 14.2. The molecule has 0 aliphatic heterocycles. The van der Waals surface area contributed by atoms with Crippen LogP contribution >= 0.6 is 11.6 Å². The molecule has 0 bridgehead atoms. The van der Waals surface area contributed by atoms with Crippen molar-refractivity contribution >= 4 is 23.4 Å². The maximum absolute atomic E-state index is 11.2. The molecule has 1 heterocycles. The van der Waals surface area contributed by atoms with Crippen LogP contribution in [0.25, 0.3) is 0 Å². The topological polar surface area (TPSA) is 87.3 Å². The summed E-state index contributed by atoms with van der Waals surface area (Å²) in [6.07, 6.45) is -0.861. The van der Waals surface area contributed by atoms with Gasteiger partial charge in [0.25, 0.3) is 0 Å². The molecular weight excluding hydrogens is 238 g/mol. The van der Waals surface area contributed by atoms with Crippen molar-refractivity contribution in [3.05, 3.63) is 21.0 Å². The lowest BCUT2D eigenvalue weighted by Crippen LogP contribution is -2.13. The van der Waals surface area contributed by atoms with E-state index in [-0.39, 0.29) is 22.5 Å². The second-order valence-electron chi connectivity index (χ2n) is 3.32. The SMILES string of the molecule is COC(=O)n1nc(C(C)C)c([N+](=O)[O-])c1Cl. The average molecular weight is 248 g/mol. The monoisotopic (exact) mass is 247 g/mol. The highest BCUT2D eigenvalue weighted by Gasteiger charge is 2.30. The van der Waals surface area contributed by atoms with E-state index in [1.165, 1.54) is 0 Å². The number of nitro groups is 1. The van der Waals surface area contributed by atoms with Gasteiger partial charge in [0.05, 0.1) is 12.0 Å². The molecule has 0 radical (unpaired) electrons. The van der Waals surface area contributed by atoms with Crippen LogP contribution in [0.3, 0.4) is 0 Å². The zero-order chi connectivity index (χ0) is 12.5. The number of carbonyl (C=O) groups excluding carboxylic acids is 1. The molecular formula is C8H10ClN3O4. The van der Waals surface area contributed by atoms with Gasteiger partial charge < -0.3 is 4.74 Å². The summed E-state index contributed by atoms with van der Waals surface area (Å²) >= 11 is 5.70. The number of methoxy groups -OCH3 is 1. The van der Waals surface area contributed by atoms with E-state index >= 15 is 0 Å². The molecule has 0 aliphatic carbocycles. The predicted molar refractivity (Wildman–Crippen MR) is 55.8 cm³/mol. The van der Waals surface area contributed by atoms with Crippen LogP contribution in [0, 0.1) is 10.1 Å². The molecule has 0 spiro atoms. The number of ether oxygens (including phenoxy) is 1. The maximum atomic E-state index is 11.2. The molecule has 0 aliphatic rings. The third-order valence-corrected chi connectivity index (χ3v) is 2.25. The normalized spacial score (nSPS) is 10.6. The Labute approximate surface area is 96.1 Å². The number of rotatable bonds is 2. The minimum atomic E-state index is -0.861. The Hall–Kier alpha value is -1.63. The van der Waals surface area contributed by atoms with Crippen LogP contribution in [0.4, 0.5) is 10.5 Å². The highest BCUT2D eigenvalue weighted by atomic mass is 35.5. The van der Waals surface area contributed by atoms with Gasteiger partial charge in [0, 0.05) is 5.92 Å². The molecule has 0 atom stereocenters. The van der Waals surface area contributed by atoms with Crippen molar-refractivity contribution < 1.29 is 14.5 Å². The molecule has 0 fully saturated rings. The van der Waals surface area contributed by atoms with Crippen LogP contribution in [0.15, 0.2) is 0 Å². The largest absolute Gasteiger partial charge is 0.451 e. The zero-order valence-corrected chi connectivity index (χ0v) is 9.69. The van der Waals surface area contributed by atoms with E-state index in [4.69, 9.17) is 11.6 Å². The third-order valence-electron chi connectivity index (χ3n) is 1.91. The fraction of sp³-hybridized carbons (Fsp3) is 0.500. The Kier molecular flexibility index (Phi) is 3.48. The van der Waals surface area contributed by atoms with Crippen LogP contribution < -0.4 is 0 Å². The molecule has 8 heteroatoms. The molecule has 0 aromatic carbocycles. The van der Waals surface area contributed by atoms with Gasteiger partial charge >= 0.3 is 11.8 Å². The Bertz CT molecular complexity index is 441. The minimum absolute atomic E-state index is 0.153. The van der Waals surface area contributed by atoms with Gasteiger partial charge in [-0.25, -0.2) is 4.79 Å². The quantitative estimate of drug-likeness (QED) is 0.590. The number of carbonyl (C=O) groups is 1. The molecule has 1 rings (SSSR count). The van der Waals surface area contributed by atoms with Gasteiger partial charge in [-0.3, -0.25) is 10.1 Å². The molecule has 1 aromatic rings. The van der Waals surface area contributed by atoms with E-state index in [1.54, 1.807) is 13.8 Å².